The highest BCUT2D eigenvalue weighted by Gasteiger charge is 2.15. The predicted octanol–water partition coefficient (Wildman–Crippen LogP) is 3.94. The van der Waals surface area contributed by atoms with E-state index >= 15 is 0 Å². The molecule has 0 saturated heterocycles. The molecule has 0 aliphatic rings. The summed E-state index contributed by atoms with van der Waals surface area (Å²) in [5.41, 5.74) is 9.07. The molecule has 88 valence electrons. The minimum absolute atomic E-state index is 0.286. The first-order valence-corrected chi connectivity index (χ1v) is 6.15. The molecule has 2 aromatic rings. The summed E-state index contributed by atoms with van der Waals surface area (Å²) in [5.74, 6) is -0.286. The van der Waals surface area contributed by atoms with Gasteiger partial charge in [-0.05, 0) is 45.6 Å². The third-order valence-corrected chi connectivity index (χ3v) is 3.68. The van der Waals surface area contributed by atoms with Crippen molar-refractivity contribution in [3.63, 3.8) is 0 Å². The lowest BCUT2D eigenvalue weighted by Gasteiger charge is -2.16. The van der Waals surface area contributed by atoms with Gasteiger partial charge in [0.15, 0.2) is 0 Å². The van der Waals surface area contributed by atoms with E-state index in [0.717, 1.165) is 16.7 Å². The monoisotopic (exact) mass is 293 g/mol. The van der Waals surface area contributed by atoms with E-state index in [4.69, 9.17) is 5.73 Å². The molecule has 0 heterocycles. The Labute approximate surface area is 109 Å². The lowest BCUT2D eigenvalue weighted by Crippen LogP contribution is -2.14. The highest BCUT2D eigenvalue weighted by Crippen LogP contribution is 2.29. The van der Waals surface area contributed by atoms with Crippen molar-refractivity contribution >= 4 is 15.9 Å². The summed E-state index contributed by atoms with van der Waals surface area (Å²) in [7, 11) is 0. The minimum Gasteiger partial charge on any atom is -0.320 e. The van der Waals surface area contributed by atoms with Gasteiger partial charge in [-0.1, -0.05) is 36.4 Å². The van der Waals surface area contributed by atoms with Crippen LogP contribution in [0.4, 0.5) is 4.39 Å². The van der Waals surface area contributed by atoms with Gasteiger partial charge in [0, 0.05) is 0 Å². The van der Waals surface area contributed by atoms with E-state index in [0.29, 0.717) is 4.47 Å². The fraction of sp³-hybridized carbons (Fsp3) is 0.143. The third-order valence-electron chi connectivity index (χ3n) is 2.84. The molecule has 1 unspecified atom stereocenters. The van der Waals surface area contributed by atoms with E-state index in [2.05, 4.69) is 15.9 Å². The Balaban J connectivity index is 2.48. The molecule has 0 aliphatic carbocycles. The normalized spacial score (nSPS) is 12.5. The van der Waals surface area contributed by atoms with Crippen molar-refractivity contribution in [3.05, 3.63) is 69.4 Å². The SMILES string of the molecule is Cc1ccccc1C(N)c1cccc(F)c1Br. The lowest BCUT2D eigenvalue weighted by atomic mass is 9.96. The number of hydrogen-bond donors (Lipinski definition) is 1. The summed E-state index contributed by atoms with van der Waals surface area (Å²) < 4.78 is 13.9. The molecule has 1 nitrogen and oxygen atoms in total. The lowest BCUT2D eigenvalue weighted by molar-refractivity contribution is 0.616. The molecule has 0 aromatic heterocycles. The Morgan fingerprint density at radius 2 is 1.71 bits per heavy atom. The number of nitrogens with two attached hydrogens (primary N) is 1. The largest absolute Gasteiger partial charge is 0.320 e. The number of halogens is 2. The van der Waals surface area contributed by atoms with Gasteiger partial charge in [-0.2, -0.15) is 0 Å². The van der Waals surface area contributed by atoms with E-state index in [1.807, 2.05) is 37.3 Å². The molecule has 1 atom stereocenters. The van der Waals surface area contributed by atoms with Crippen LogP contribution in [0.25, 0.3) is 0 Å². The van der Waals surface area contributed by atoms with Crippen LogP contribution in [0.5, 0.6) is 0 Å². The topological polar surface area (TPSA) is 26.0 Å². The molecule has 0 fully saturated rings. The first-order valence-electron chi connectivity index (χ1n) is 5.36. The average Bonchev–Trinajstić information content (AvgIpc) is 2.32. The van der Waals surface area contributed by atoms with Gasteiger partial charge < -0.3 is 5.73 Å². The molecule has 2 N–H and O–H groups in total. The van der Waals surface area contributed by atoms with Crippen LogP contribution in [0.2, 0.25) is 0 Å². The number of benzene rings is 2. The third kappa shape index (κ3) is 2.40. The maximum Gasteiger partial charge on any atom is 0.137 e. The van der Waals surface area contributed by atoms with Crippen LogP contribution < -0.4 is 5.73 Å². The summed E-state index contributed by atoms with van der Waals surface area (Å²) in [4.78, 5) is 0. The maximum atomic E-state index is 13.5. The summed E-state index contributed by atoms with van der Waals surface area (Å²) in [6, 6.07) is 12.5. The summed E-state index contributed by atoms with van der Waals surface area (Å²) in [5, 5.41) is 0. The van der Waals surface area contributed by atoms with Gasteiger partial charge in [0.1, 0.15) is 5.82 Å². The van der Waals surface area contributed by atoms with Gasteiger partial charge in [0.05, 0.1) is 10.5 Å². The zero-order valence-corrected chi connectivity index (χ0v) is 11.0. The van der Waals surface area contributed by atoms with Gasteiger partial charge in [0.2, 0.25) is 0 Å². The average molecular weight is 294 g/mol. The van der Waals surface area contributed by atoms with Crippen LogP contribution in [0, 0.1) is 12.7 Å². The molecule has 0 saturated carbocycles. The molecule has 0 radical (unpaired) electrons. The molecule has 3 heteroatoms. The van der Waals surface area contributed by atoms with Crippen molar-refractivity contribution < 1.29 is 4.39 Å². The van der Waals surface area contributed by atoms with Crippen molar-refractivity contribution in [2.45, 2.75) is 13.0 Å². The Bertz CT molecular complexity index is 539. The van der Waals surface area contributed by atoms with Crippen LogP contribution in [0.1, 0.15) is 22.7 Å². The van der Waals surface area contributed by atoms with Crippen LogP contribution in [0.15, 0.2) is 46.9 Å². The molecule has 0 aliphatic heterocycles. The van der Waals surface area contributed by atoms with Crippen molar-refractivity contribution in [3.8, 4) is 0 Å². The van der Waals surface area contributed by atoms with Gasteiger partial charge in [-0.3, -0.25) is 0 Å². The van der Waals surface area contributed by atoms with Crippen LogP contribution in [0.3, 0.4) is 0 Å². The van der Waals surface area contributed by atoms with Crippen molar-refractivity contribution in [1.29, 1.82) is 0 Å². The van der Waals surface area contributed by atoms with Crippen LogP contribution in [-0.2, 0) is 0 Å². The zero-order valence-electron chi connectivity index (χ0n) is 9.45. The van der Waals surface area contributed by atoms with Crippen LogP contribution >= 0.6 is 15.9 Å². The molecule has 0 bridgehead atoms. The quantitative estimate of drug-likeness (QED) is 0.892. The fourth-order valence-electron chi connectivity index (χ4n) is 1.86. The molecular weight excluding hydrogens is 281 g/mol. The first kappa shape index (κ1) is 12.3. The second-order valence-electron chi connectivity index (χ2n) is 3.98. The summed E-state index contributed by atoms with van der Waals surface area (Å²) in [6.45, 7) is 2.00. The Kier molecular flexibility index (Phi) is 3.60. The van der Waals surface area contributed by atoms with Crippen LogP contribution in [-0.4, -0.2) is 0 Å². The predicted molar refractivity (Wildman–Crippen MR) is 71.3 cm³/mol. The first-order chi connectivity index (χ1) is 8.11. The number of hydrogen-bond acceptors (Lipinski definition) is 1. The highest BCUT2D eigenvalue weighted by atomic mass is 79.9. The molecule has 0 amide bonds. The second kappa shape index (κ2) is 4.98. The van der Waals surface area contributed by atoms with Gasteiger partial charge >= 0.3 is 0 Å². The maximum absolute atomic E-state index is 13.5. The molecule has 2 aromatic carbocycles. The van der Waals surface area contributed by atoms with Crippen molar-refractivity contribution in [2.75, 3.05) is 0 Å². The molecular formula is C14H13BrFN. The minimum atomic E-state index is -0.318. The van der Waals surface area contributed by atoms with E-state index in [9.17, 15) is 4.39 Å². The van der Waals surface area contributed by atoms with Crippen molar-refractivity contribution in [1.82, 2.24) is 0 Å². The standard InChI is InChI=1S/C14H13BrFN/c1-9-5-2-3-6-10(9)14(17)11-7-4-8-12(16)13(11)15/h2-8,14H,17H2,1H3. The number of aryl methyl sites for hydroxylation is 1. The Hall–Kier alpha value is -1.19. The Morgan fingerprint density at radius 3 is 2.41 bits per heavy atom. The van der Waals surface area contributed by atoms with Gasteiger partial charge in [-0.25, -0.2) is 4.39 Å². The van der Waals surface area contributed by atoms with Crippen molar-refractivity contribution in [2.24, 2.45) is 5.73 Å². The highest BCUT2D eigenvalue weighted by molar-refractivity contribution is 9.10. The summed E-state index contributed by atoms with van der Waals surface area (Å²) >= 11 is 3.25. The second-order valence-corrected chi connectivity index (χ2v) is 4.77. The van der Waals surface area contributed by atoms with E-state index in [1.165, 1.54) is 6.07 Å². The van der Waals surface area contributed by atoms with E-state index in [1.54, 1.807) is 6.07 Å². The van der Waals surface area contributed by atoms with E-state index < -0.39 is 0 Å². The number of rotatable bonds is 2. The molecule has 0 spiro atoms. The van der Waals surface area contributed by atoms with E-state index in [-0.39, 0.29) is 11.9 Å². The molecule has 2 rings (SSSR count). The molecule has 17 heavy (non-hydrogen) atoms. The smallest absolute Gasteiger partial charge is 0.137 e. The fourth-order valence-corrected chi connectivity index (χ4v) is 2.37. The Morgan fingerprint density at radius 1 is 1.06 bits per heavy atom. The summed E-state index contributed by atoms with van der Waals surface area (Å²) in [6.07, 6.45) is 0. The van der Waals surface area contributed by atoms with Gasteiger partial charge in [0.25, 0.3) is 0 Å². The zero-order chi connectivity index (χ0) is 12.4. The van der Waals surface area contributed by atoms with Gasteiger partial charge in [-0.15, -0.1) is 0 Å².